The number of nitrogens with zero attached hydrogens (tertiary/aromatic N) is 1. The van der Waals surface area contributed by atoms with Crippen molar-refractivity contribution in [3.05, 3.63) is 188 Å². The molecular weight excluding hydrogens is 627 g/mol. The molecule has 0 atom stereocenters. The summed E-state index contributed by atoms with van der Waals surface area (Å²) in [5.74, 6) is 0. The van der Waals surface area contributed by atoms with Gasteiger partial charge in [-0.3, -0.25) is 4.98 Å². The molecule has 240 valence electrons. The number of hydrogen-bond acceptors (Lipinski definition) is 1. The molecule has 0 bridgehead atoms. The van der Waals surface area contributed by atoms with E-state index in [4.69, 9.17) is 4.98 Å². The van der Waals surface area contributed by atoms with Crippen LogP contribution in [0, 0.1) is 0 Å². The van der Waals surface area contributed by atoms with Crippen LogP contribution in [0.5, 0.6) is 0 Å². The second kappa shape index (κ2) is 11.3. The fourth-order valence-corrected chi connectivity index (χ4v) is 8.98. The maximum atomic E-state index is 4.84. The molecule has 9 aromatic carbocycles. The van der Waals surface area contributed by atoms with Gasteiger partial charge in [-0.1, -0.05) is 164 Å². The van der Waals surface area contributed by atoms with Gasteiger partial charge in [0.1, 0.15) is 0 Å². The number of rotatable bonds is 4. The Balaban J connectivity index is 1.32. The lowest BCUT2D eigenvalue weighted by Crippen LogP contribution is -1.95. The summed E-state index contributed by atoms with van der Waals surface area (Å²) in [5.41, 5.74) is 14.9. The van der Waals surface area contributed by atoms with Gasteiger partial charge >= 0.3 is 0 Å². The number of hydrogen-bond donors (Lipinski definition) is 0. The average Bonchev–Trinajstić information content (AvgIpc) is 3.54. The average molecular weight is 658 g/mol. The first-order chi connectivity index (χ1) is 25.8. The third-order valence-electron chi connectivity index (χ3n) is 11.0. The monoisotopic (exact) mass is 657 g/mol. The van der Waals surface area contributed by atoms with Crippen molar-refractivity contribution in [1.82, 2.24) is 4.98 Å². The third kappa shape index (κ3) is 4.14. The van der Waals surface area contributed by atoms with Crippen molar-refractivity contribution in [3.8, 4) is 66.9 Å². The summed E-state index contributed by atoms with van der Waals surface area (Å²) in [7, 11) is 0. The molecule has 11 rings (SSSR count). The van der Waals surface area contributed by atoms with Gasteiger partial charge in [-0.15, -0.1) is 0 Å². The Morgan fingerprint density at radius 3 is 1.35 bits per heavy atom. The number of fused-ring (bicyclic) bond motifs is 6. The minimum Gasteiger partial charge on any atom is -0.256 e. The molecule has 0 radical (unpaired) electrons. The number of pyridine rings is 1. The summed E-state index contributed by atoms with van der Waals surface area (Å²) in [6.07, 6.45) is 1.89. The zero-order valence-corrected chi connectivity index (χ0v) is 28.3. The summed E-state index contributed by atoms with van der Waals surface area (Å²) in [6, 6.07) is 66.7. The van der Waals surface area contributed by atoms with Crippen LogP contribution in [-0.4, -0.2) is 4.98 Å². The second-order valence-corrected chi connectivity index (χ2v) is 13.8. The fraction of sp³-hybridized carbons (Fsp3) is 0. The van der Waals surface area contributed by atoms with E-state index in [1.54, 1.807) is 0 Å². The maximum Gasteiger partial charge on any atom is 0.0714 e. The van der Waals surface area contributed by atoms with Crippen molar-refractivity contribution < 1.29 is 0 Å². The molecule has 1 aromatic heterocycles. The summed E-state index contributed by atoms with van der Waals surface area (Å²) < 4.78 is 0. The molecule has 1 nitrogen and oxygen atoms in total. The van der Waals surface area contributed by atoms with Gasteiger partial charge in [0.2, 0.25) is 0 Å². The molecule has 0 aliphatic heterocycles. The molecule has 0 saturated carbocycles. The minimum atomic E-state index is 0.989. The predicted molar refractivity (Wildman–Crippen MR) is 220 cm³/mol. The van der Waals surface area contributed by atoms with Crippen molar-refractivity contribution in [2.24, 2.45) is 0 Å². The summed E-state index contributed by atoms with van der Waals surface area (Å²) in [5, 5.41) is 10.0. The first kappa shape index (κ1) is 29.0. The van der Waals surface area contributed by atoms with Gasteiger partial charge in [0, 0.05) is 11.8 Å². The first-order valence-electron chi connectivity index (χ1n) is 18.0. The highest BCUT2D eigenvalue weighted by Gasteiger charge is 2.30. The van der Waals surface area contributed by atoms with Gasteiger partial charge in [0.15, 0.2) is 0 Å². The molecule has 1 heterocycles. The van der Waals surface area contributed by atoms with Crippen molar-refractivity contribution in [2.75, 3.05) is 0 Å². The fourth-order valence-electron chi connectivity index (χ4n) is 8.98. The van der Waals surface area contributed by atoms with Crippen LogP contribution in [0.4, 0.5) is 0 Å². The van der Waals surface area contributed by atoms with E-state index >= 15 is 0 Å². The SMILES string of the molecule is c1ccc(-c2c3c(c(-c4ccccc4)c4cc(-c5c6ccccc6c(-c6ccccn6)c6ccccc56)ccc24)-c2cccc4cccc-3c24)cc1. The van der Waals surface area contributed by atoms with Crippen molar-refractivity contribution in [1.29, 1.82) is 0 Å². The van der Waals surface area contributed by atoms with Crippen molar-refractivity contribution in [2.45, 2.75) is 0 Å². The Labute approximate surface area is 302 Å². The lowest BCUT2D eigenvalue weighted by Gasteiger charge is -2.22. The van der Waals surface area contributed by atoms with E-state index in [0.717, 1.165) is 5.69 Å². The van der Waals surface area contributed by atoms with E-state index in [1.807, 2.05) is 12.3 Å². The van der Waals surface area contributed by atoms with Crippen LogP contribution < -0.4 is 0 Å². The first-order valence-corrected chi connectivity index (χ1v) is 18.0. The molecule has 0 spiro atoms. The minimum absolute atomic E-state index is 0.989. The largest absolute Gasteiger partial charge is 0.256 e. The van der Waals surface area contributed by atoms with E-state index in [1.165, 1.54) is 104 Å². The second-order valence-electron chi connectivity index (χ2n) is 13.8. The Hall–Kier alpha value is -6.83. The molecular formula is C51H31N. The van der Waals surface area contributed by atoms with E-state index in [2.05, 4.69) is 176 Å². The van der Waals surface area contributed by atoms with E-state index in [0.29, 0.717) is 0 Å². The zero-order chi connectivity index (χ0) is 34.2. The lowest BCUT2D eigenvalue weighted by atomic mass is 9.81. The van der Waals surface area contributed by atoms with Crippen molar-refractivity contribution in [3.63, 3.8) is 0 Å². The van der Waals surface area contributed by atoms with Crippen LogP contribution in [-0.2, 0) is 0 Å². The zero-order valence-electron chi connectivity index (χ0n) is 28.3. The quantitative estimate of drug-likeness (QED) is 0.172. The highest BCUT2D eigenvalue weighted by Crippen LogP contribution is 2.58. The standard InChI is InChI=1S/C51H31N/c1-3-15-33(16-4-1)47-40-29-28-35(46-36-21-7-9-23-38(36)49(44-27-11-12-30-52-44)39-24-10-8-22-37(39)46)31-43(40)48(34-17-5-2-6-18-34)51-42-26-14-20-32-19-13-25-41(45(32)42)50(47)51/h1-31H. The summed E-state index contributed by atoms with van der Waals surface area (Å²) >= 11 is 0. The van der Waals surface area contributed by atoms with E-state index < -0.39 is 0 Å². The Morgan fingerprint density at radius 1 is 0.288 bits per heavy atom. The highest BCUT2D eigenvalue weighted by molar-refractivity contribution is 6.28. The van der Waals surface area contributed by atoms with Gasteiger partial charge in [-0.25, -0.2) is 0 Å². The van der Waals surface area contributed by atoms with Crippen LogP contribution in [0.3, 0.4) is 0 Å². The highest BCUT2D eigenvalue weighted by atomic mass is 14.7. The molecule has 0 saturated heterocycles. The van der Waals surface area contributed by atoms with Crippen LogP contribution in [0.25, 0.3) is 110 Å². The molecule has 1 heteroatoms. The normalized spacial score (nSPS) is 11.8. The lowest BCUT2D eigenvalue weighted by molar-refractivity contribution is 1.34. The topological polar surface area (TPSA) is 12.9 Å². The number of aromatic nitrogens is 1. The molecule has 52 heavy (non-hydrogen) atoms. The van der Waals surface area contributed by atoms with Gasteiger partial charge in [0.05, 0.1) is 5.69 Å². The smallest absolute Gasteiger partial charge is 0.0714 e. The molecule has 1 aliphatic carbocycles. The third-order valence-corrected chi connectivity index (χ3v) is 11.0. The molecule has 0 unspecified atom stereocenters. The Kier molecular flexibility index (Phi) is 6.32. The Bertz CT molecular complexity index is 2970. The molecule has 10 aromatic rings. The van der Waals surface area contributed by atoms with Gasteiger partial charge < -0.3 is 0 Å². The van der Waals surface area contributed by atoms with Crippen LogP contribution in [0.1, 0.15) is 0 Å². The van der Waals surface area contributed by atoms with E-state index in [-0.39, 0.29) is 0 Å². The van der Waals surface area contributed by atoms with Gasteiger partial charge in [-0.2, -0.15) is 0 Å². The van der Waals surface area contributed by atoms with Gasteiger partial charge in [0.25, 0.3) is 0 Å². The van der Waals surface area contributed by atoms with Gasteiger partial charge in [-0.05, 0) is 117 Å². The predicted octanol–water partition coefficient (Wildman–Crippen LogP) is 14.0. The van der Waals surface area contributed by atoms with Crippen molar-refractivity contribution >= 4 is 43.1 Å². The summed E-state index contributed by atoms with van der Waals surface area (Å²) in [4.78, 5) is 4.84. The maximum absolute atomic E-state index is 4.84. The van der Waals surface area contributed by atoms with Crippen LogP contribution in [0.2, 0.25) is 0 Å². The van der Waals surface area contributed by atoms with Crippen LogP contribution in [0.15, 0.2) is 188 Å². The molecule has 0 N–H and O–H groups in total. The molecule has 1 aliphatic rings. The van der Waals surface area contributed by atoms with Crippen LogP contribution >= 0.6 is 0 Å². The number of benzene rings is 9. The summed E-state index contributed by atoms with van der Waals surface area (Å²) in [6.45, 7) is 0. The molecule has 0 fully saturated rings. The van der Waals surface area contributed by atoms with E-state index in [9.17, 15) is 0 Å². The molecule has 0 amide bonds. The Morgan fingerprint density at radius 2 is 0.788 bits per heavy atom.